The summed E-state index contributed by atoms with van der Waals surface area (Å²) in [5, 5.41) is 14.7. The van der Waals surface area contributed by atoms with E-state index >= 15 is 0 Å². The number of nitrogens with one attached hydrogen (secondary N) is 2. The summed E-state index contributed by atoms with van der Waals surface area (Å²) in [6.45, 7) is 0.327. The van der Waals surface area contributed by atoms with Gasteiger partial charge in [-0.2, -0.15) is 0 Å². The smallest absolute Gasteiger partial charge is 0.319 e. The van der Waals surface area contributed by atoms with Gasteiger partial charge in [0.05, 0.1) is 9.79 Å². The van der Waals surface area contributed by atoms with E-state index in [-0.39, 0.29) is 15.5 Å². The van der Waals surface area contributed by atoms with Gasteiger partial charge in [0, 0.05) is 30.8 Å². The number of aromatic nitrogens is 2. The molecule has 0 unspecified atom stereocenters. The molecule has 2 aromatic carbocycles. The average Bonchev–Trinajstić information content (AvgIpc) is 3.21. The fourth-order valence-electron chi connectivity index (χ4n) is 2.91. The van der Waals surface area contributed by atoms with Gasteiger partial charge in [0.2, 0.25) is 9.84 Å². The number of pyridine rings is 1. The van der Waals surface area contributed by atoms with E-state index < -0.39 is 15.9 Å². The van der Waals surface area contributed by atoms with Gasteiger partial charge in [-0.15, -0.1) is 0 Å². The largest absolute Gasteiger partial charge is 0.508 e. The molecule has 0 saturated heterocycles. The first-order valence-electron chi connectivity index (χ1n) is 9.02. The van der Waals surface area contributed by atoms with Crippen LogP contribution in [0.5, 0.6) is 5.75 Å². The molecule has 2 heterocycles. The van der Waals surface area contributed by atoms with Crippen LogP contribution >= 0.6 is 0 Å². The highest BCUT2D eigenvalue weighted by Crippen LogP contribution is 2.23. The van der Waals surface area contributed by atoms with Gasteiger partial charge in [-0.1, -0.05) is 6.07 Å². The first kappa shape index (κ1) is 19.5. The topological polar surface area (TPSA) is 113 Å². The number of fused-ring (bicyclic) bond motifs is 1. The van der Waals surface area contributed by atoms with Gasteiger partial charge in [-0.05, 0) is 60.2 Å². The summed E-state index contributed by atoms with van der Waals surface area (Å²) in [7, 11) is -3.71. The third kappa shape index (κ3) is 4.11. The Hall–Kier alpha value is -3.85. The Bertz CT molecular complexity index is 1300. The van der Waals surface area contributed by atoms with E-state index in [1.165, 1.54) is 48.5 Å². The van der Waals surface area contributed by atoms with Crippen LogP contribution in [0.2, 0.25) is 0 Å². The highest BCUT2D eigenvalue weighted by Gasteiger charge is 2.17. The number of rotatable bonds is 5. The number of amides is 2. The SMILES string of the molecule is O=C(NCc1ccc2nccn2c1)Nc1ccc(S(=O)(=O)c2ccc(O)cc2)cc1. The van der Waals surface area contributed by atoms with E-state index in [0.29, 0.717) is 12.2 Å². The Morgan fingerprint density at radius 1 is 0.967 bits per heavy atom. The predicted molar refractivity (Wildman–Crippen MR) is 111 cm³/mol. The number of phenolic OH excluding ortho intramolecular Hbond substituents is 1. The molecule has 3 N–H and O–H groups in total. The molecule has 0 bridgehead atoms. The molecule has 4 aromatic rings. The number of carbonyl (C=O) groups is 1. The number of nitrogens with zero attached hydrogens (tertiary/aromatic N) is 2. The van der Waals surface area contributed by atoms with Crippen LogP contribution in [0.15, 0.2) is 89.0 Å². The summed E-state index contributed by atoms with van der Waals surface area (Å²) in [5.74, 6) is -0.00976. The lowest BCUT2D eigenvalue weighted by atomic mass is 10.3. The maximum absolute atomic E-state index is 12.6. The zero-order chi connectivity index (χ0) is 21.1. The molecule has 0 fully saturated rings. The number of imidazole rings is 1. The van der Waals surface area contributed by atoms with Gasteiger partial charge in [-0.25, -0.2) is 18.2 Å². The van der Waals surface area contributed by atoms with Gasteiger partial charge in [0.15, 0.2) is 0 Å². The van der Waals surface area contributed by atoms with Crippen molar-refractivity contribution in [3.05, 3.63) is 84.8 Å². The molecule has 0 spiro atoms. The van der Waals surface area contributed by atoms with Gasteiger partial charge < -0.3 is 20.1 Å². The molecule has 4 rings (SSSR count). The number of phenols is 1. The number of benzene rings is 2. The molecule has 0 saturated carbocycles. The molecule has 0 aliphatic rings. The molecule has 30 heavy (non-hydrogen) atoms. The third-order valence-electron chi connectivity index (χ3n) is 4.47. The Morgan fingerprint density at radius 2 is 1.63 bits per heavy atom. The van der Waals surface area contributed by atoms with Gasteiger partial charge in [0.25, 0.3) is 0 Å². The quantitative estimate of drug-likeness (QED) is 0.457. The van der Waals surface area contributed by atoms with Gasteiger partial charge in [-0.3, -0.25) is 0 Å². The minimum atomic E-state index is -3.71. The number of sulfone groups is 1. The number of urea groups is 1. The molecule has 0 aliphatic carbocycles. The molecule has 8 nitrogen and oxygen atoms in total. The zero-order valence-corrected chi connectivity index (χ0v) is 16.5. The van der Waals surface area contributed by atoms with Crippen LogP contribution in [-0.4, -0.2) is 28.9 Å². The van der Waals surface area contributed by atoms with Gasteiger partial charge in [0.1, 0.15) is 11.4 Å². The predicted octanol–water partition coefficient (Wildman–Crippen LogP) is 3.19. The summed E-state index contributed by atoms with van der Waals surface area (Å²) in [6, 6.07) is 14.5. The van der Waals surface area contributed by atoms with Crippen molar-refractivity contribution < 1.29 is 18.3 Å². The van der Waals surface area contributed by atoms with Gasteiger partial charge >= 0.3 is 6.03 Å². The summed E-state index contributed by atoms with van der Waals surface area (Å²) in [4.78, 5) is 16.5. The van der Waals surface area contributed by atoms with E-state index in [1.807, 2.05) is 28.9 Å². The molecular formula is C21H18N4O4S. The number of aromatic hydroxyl groups is 1. The molecule has 2 aromatic heterocycles. The highest BCUT2D eigenvalue weighted by atomic mass is 32.2. The molecule has 152 valence electrons. The van der Waals surface area contributed by atoms with Crippen molar-refractivity contribution in [3.63, 3.8) is 0 Å². The standard InChI is InChI=1S/C21H18N4O4S/c26-17-4-8-19(9-5-17)30(28,29)18-6-2-16(3-7-18)24-21(27)23-13-15-1-10-20-22-11-12-25(20)14-15/h1-12,14,26H,13H2,(H2,23,24,27). The second-order valence-electron chi connectivity index (χ2n) is 6.56. The Kier molecular flexibility index (Phi) is 5.11. The molecule has 2 amide bonds. The number of carbonyl (C=O) groups excluding carboxylic acids is 1. The first-order chi connectivity index (χ1) is 14.4. The lowest BCUT2D eigenvalue weighted by Crippen LogP contribution is -2.28. The second-order valence-corrected chi connectivity index (χ2v) is 8.51. The molecule has 0 aliphatic heterocycles. The summed E-state index contributed by atoms with van der Waals surface area (Å²) >= 11 is 0. The van der Waals surface area contributed by atoms with Crippen LogP contribution < -0.4 is 10.6 Å². The van der Waals surface area contributed by atoms with E-state index in [1.54, 1.807) is 6.20 Å². The van der Waals surface area contributed by atoms with Crippen molar-refractivity contribution in [2.75, 3.05) is 5.32 Å². The van der Waals surface area contributed by atoms with E-state index in [9.17, 15) is 18.3 Å². The lowest BCUT2D eigenvalue weighted by molar-refractivity contribution is 0.251. The van der Waals surface area contributed by atoms with Crippen LogP contribution in [0.25, 0.3) is 5.65 Å². The van der Waals surface area contributed by atoms with Crippen molar-refractivity contribution in [1.29, 1.82) is 0 Å². The number of hydrogen-bond donors (Lipinski definition) is 3. The summed E-state index contributed by atoms with van der Waals surface area (Å²) in [6.07, 6.45) is 5.41. The zero-order valence-electron chi connectivity index (χ0n) is 15.7. The minimum absolute atomic E-state index is 0.00976. The van der Waals surface area contributed by atoms with Crippen LogP contribution in [-0.2, 0) is 16.4 Å². The number of anilines is 1. The van der Waals surface area contributed by atoms with Crippen molar-refractivity contribution in [2.24, 2.45) is 0 Å². The molecule has 9 heteroatoms. The molecular weight excluding hydrogens is 404 g/mol. The van der Waals surface area contributed by atoms with Crippen LogP contribution in [0, 0.1) is 0 Å². The van der Waals surface area contributed by atoms with E-state index in [0.717, 1.165) is 11.2 Å². The second kappa shape index (κ2) is 7.88. The first-order valence-corrected chi connectivity index (χ1v) is 10.5. The van der Waals surface area contributed by atoms with Crippen molar-refractivity contribution >= 4 is 27.2 Å². The highest BCUT2D eigenvalue weighted by molar-refractivity contribution is 7.91. The molecule has 0 atom stereocenters. The van der Waals surface area contributed by atoms with E-state index in [2.05, 4.69) is 15.6 Å². The summed E-state index contributed by atoms with van der Waals surface area (Å²) in [5.41, 5.74) is 2.19. The fourth-order valence-corrected chi connectivity index (χ4v) is 4.17. The van der Waals surface area contributed by atoms with Crippen LogP contribution in [0.3, 0.4) is 0 Å². The fraction of sp³-hybridized carbons (Fsp3) is 0.0476. The Balaban J connectivity index is 1.39. The third-order valence-corrected chi connectivity index (χ3v) is 6.26. The normalized spacial score (nSPS) is 11.3. The van der Waals surface area contributed by atoms with Crippen LogP contribution in [0.4, 0.5) is 10.5 Å². The lowest BCUT2D eigenvalue weighted by Gasteiger charge is -2.09. The Labute approximate surface area is 172 Å². The molecule has 0 radical (unpaired) electrons. The maximum Gasteiger partial charge on any atom is 0.319 e. The Morgan fingerprint density at radius 3 is 2.33 bits per heavy atom. The minimum Gasteiger partial charge on any atom is -0.508 e. The van der Waals surface area contributed by atoms with Crippen LogP contribution in [0.1, 0.15) is 5.56 Å². The van der Waals surface area contributed by atoms with Crippen molar-refractivity contribution in [2.45, 2.75) is 16.3 Å². The van der Waals surface area contributed by atoms with Crippen molar-refractivity contribution in [3.8, 4) is 5.75 Å². The number of hydrogen-bond acceptors (Lipinski definition) is 5. The maximum atomic E-state index is 12.6. The van der Waals surface area contributed by atoms with E-state index in [4.69, 9.17) is 0 Å². The summed E-state index contributed by atoms with van der Waals surface area (Å²) < 4.78 is 27.1. The average molecular weight is 422 g/mol. The van der Waals surface area contributed by atoms with Crippen molar-refractivity contribution in [1.82, 2.24) is 14.7 Å². The monoisotopic (exact) mass is 422 g/mol.